The van der Waals surface area contributed by atoms with Gasteiger partial charge in [0.25, 0.3) is 0 Å². The number of halogens is 1. The van der Waals surface area contributed by atoms with Gasteiger partial charge in [0.05, 0.1) is 12.2 Å². The summed E-state index contributed by atoms with van der Waals surface area (Å²) in [5.74, 6) is -0.451. The van der Waals surface area contributed by atoms with E-state index in [0.29, 0.717) is 12.2 Å². The molecule has 0 aliphatic rings. The van der Waals surface area contributed by atoms with E-state index in [1.54, 1.807) is 12.1 Å². The molecule has 0 N–H and O–H groups in total. The molecule has 104 valence electrons. The van der Waals surface area contributed by atoms with E-state index in [4.69, 9.17) is 10.00 Å². The molecule has 1 aromatic rings. The Bertz CT molecular complexity index is 412. The molecule has 2 nitrogen and oxygen atoms in total. The number of rotatable bonds is 9. The molecule has 0 aliphatic heterocycles. The van der Waals surface area contributed by atoms with E-state index in [0.717, 1.165) is 6.42 Å². The standard InChI is InChI=1S/C16H22FNO/c1-2-3-4-5-6-7-11-19-13-15-10-8-9-14(12-18)16(15)17/h8-10H,2-7,11,13H2,1H3. The van der Waals surface area contributed by atoms with Gasteiger partial charge in [-0.15, -0.1) is 0 Å². The van der Waals surface area contributed by atoms with Gasteiger partial charge in [0.1, 0.15) is 11.9 Å². The molecule has 3 heteroatoms. The van der Waals surface area contributed by atoms with Gasteiger partial charge in [0, 0.05) is 12.2 Å². The lowest BCUT2D eigenvalue weighted by atomic mass is 10.1. The summed E-state index contributed by atoms with van der Waals surface area (Å²) in [5.41, 5.74) is 0.547. The lowest BCUT2D eigenvalue weighted by molar-refractivity contribution is 0.114. The van der Waals surface area contributed by atoms with Gasteiger partial charge in [0.2, 0.25) is 0 Å². The van der Waals surface area contributed by atoms with Crippen LogP contribution < -0.4 is 0 Å². The van der Waals surface area contributed by atoms with Crippen LogP contribution in [-0.2, 0) is 11.3 Å². The summed E-state index contributed by atoms with van der Waals surface area (Å²) in [5, 5.41) is 8.72. The van der Waals surface area contributed by atoms with E-state index in [2.05, 4.69) is 6.92 Å². The second-order valence-corrected chi connectivity index (χ2v) is 4.71. The Kier molecular flexibility index (Phi) is 7.84. The first kappa shape index (κ1) is 15.7. The van der Waals surface area contributed by atoms with Crippen molar-refractivity contribution in [3.63, 3.8) is 0 Å². The highest BCUT2D eigenvalue weighted by atomic mass is 19.1. The summed E-state index contributed by atoms with van der Waals surface area (Å²) in [6.07, 6.45) is 7.27. The van der Waals surface area contributed by atoms with Crippen LogP contribution in [0.5, 0.6) is 0 Å². The first-order valence-corrected chi connectivity index (χ1v) is 7.04. The van der Waals surface area contributed by atoms with Gasteiger partial charge in [-0.25, -0.2) is 4.39 Å². The van der Waals surface area contributed by atoms with Crippen LogP contribution in [0.15, 0.2) is 18.2 Å². The van der Waals surface area contributed by atoms with Crippen molar-refractivity contribution in [2.45, 2.75) is 52.1 Å². The third-order valence-corrected chi connectivity index (χ3v) is 3.10. The fourth-order valence-corrected chi connectivity index (χ4v) is 1.94. The predicted octanol–water partition coefficient (Wildman–Crippen LogP) is 4.57. The maximum absolute atomic E-state index is 13.7. The summed E-state index contributed by atoms with van der Waals surface area (Å²) in [4.78, 5) is 0. The van der Waals surface area contributed by atoms with E-state index >= 15 is 0 Å². The maximum Gasteiger partial charge on any atom is 0.146 e. The molecular weight excluding hydrogens is 241 g/mol. The fraction of sp³-hybridized carbons (Fsp3) is 0.562. The summed E-state index contributed by atoms with van der Waals surface area (Å²) >= 11 is 0. The number of benzene rings is 1. The highest BCUT2D eigenvalue weighted by Crippen LogP contribution is 2.13. The van der Waals surface area contributed by atoms with Crippen molar-refractivity contribution in [1.29, 1.82) is 5.26 Å². The SMILES string of the molecule is CCCCCCCCOCc1cccc(C#N)c1F. The average molecular weight is 263 g/mol. The Balaban J connectivity index is 2.18. The van der Waals surface area contributed by atoms with Crippen LogP contribution in [0.4, 0.5) is 4.39 Å². The zero-order valence-electron chi connectivity index (χ0n) is 11.6. The Labute approximate surface area is 115 Å². The summed E-state index contributed by atoms with van der Waals surface area (Å²) in [6.45, 7) is 3.10. The molecule has 0 aromatic heterocycles. The number of nitrogens with zero attached hydrogens (tertiary/aromatic N) is 1. The van der Waals surface area contributed by atoms with E-state index in [1.807, 2.05) is 6.07 Å². The Hall–Kier alpha value is -1.40. The quantitative estimate of drug-likeness (QED) is 0.611. The Morgan fingerprint density at radius 2 is 1.89 bits per heavy atom. The third-order valence-electron chi connectivity index (χ3n) is 3.10. The van der Waals surface area contributed by atoms with Crippen LogP contribution >= 0.6 is 0 Å². The minimum Gasteiger partial charge on any atom is -0.377 e. The second kappa shape index (κ2) is 9.52. The molecule has 0 heterocycles. The number of hydrogen-bond donors (Lipinski definition) is 0. The second-order valence-electron chi connectivity index (χ2n) is 4.71. The number of nitriles is 1. The zero-order chi connectivity index (χ0) is 13.9. The van der Waals surface area contributed by atoms with Crippen LogP contribution in [-0.4, -0.2) is 6.61 Å². The topological polar surface area (TPSA) is 33.0 Å². The highest BCUT2D eigenvalue weighted by molar-refractivity contribution is 5.34. The van der Waals surface area contributed by atoms with Gasteiger partial charge in [0.15, 0.2) is 0 Å². The minimum atomic E-state index is -0.451. The van der Waals surface area contributed by atoms with E-state index in [9.17, 15) is 4.39 Å². The Morgan fingerprint density at radius 3 is 2.63 bits per heavy atom. The van der Waals surface area contributed by atoms with Crippen LogP contribution in [0, 0.1) is 17.1 Å². The molecule has 0 amide bonds. The lowest BCUT2D eigenvalue weighted by Crippen LogP contribution is -1.99. The van der Waals surface area contributed by atoms with Gasteiger partial charge in [-0.3, -0.25) is 0 Å². The molecule has 0 unspecified atom stereocenters. The van der Waals surface area contributed by atoms with E-state index < -0.39 is 5.82 Å². The highest BCUT2D eigenvalue weighted by Gasteiger charge is 2.06. The first-order chi connectivity index (χ1) is 9.29. The van der Waals surface area contributed by atoms with Crippen LogP contribution in [0.3, 0.4) is 0 Å². The third kappa shape index (κ3) is 5.85. The van der Waals surface area contributed by atoms with Gasteiger partial charge in [-0.2, -0.15) is 5.26 Å². The van der Waals surface area contributed by atoms with Crippen LogP contribution in [0.1, 0.15) is 56.6 Å². The zero-order valence-corrected chi connectivity index (χ0v) is 11.6. The molecule has 0 saturated carbocycles. The molecule has 0 bridgehead atoms. The molecule has 19 heavy (non-hydrogen) atoms. The summed E-state index contributed by atoms with van der Waals surface area (Å²) < 4.78 is 19.1. The van der Waals surface area contributed by atoms with Crippen molar-refractivity contribution in [2.24, 2.45) is 0 Å². The van der Waals surface area contributed by atoms with Crippen molar-refractivity contribution in [3.05, 3.63) is 35.1 Å². The molecule has 0 atom stereocenters. The van der Waals surface area contributed by atoms with Gasteiger partial charge in [-0.1, -0.05) is 51.2 Å². The van der Waals surface area contributed by atoms with Crippen molar-refractivity contribution in [3.8, 4) is 6.07 Å². The predicted molar refractivity (Wildman–Crippen MR) is 74.1 cm³/mol. The number of ether oxygens (including phenoxy) is 1. The van der Waals surface area contributed by atoms with Crippen molar-refractivity contribution >= 4 is 0 Å². The molecule has 0 radical (unpaired) electrons. The van der Waals surface area contributed by atoms with E-state index in [1.165, 1.54) is 38.2 Å². The largest absolute Gasteiger partial charge is 0.377 e. The molecule has 0 fully saturated rings. The number of hydrogen-bond acceptors (Lipinski definition) is 2. The van der Waals surface area contributed by atoms with Gasteiger partial charge >= 0.3 is 0 Å². The lowest BCUT2D eigenvalue weighted by Gasteiger charge is -2.06. The van der Waals surface area contributed by atoms with E-state index in [-0.39, 0.29) is 12.2 Å². The monoisotopic (exact) mass is 263 g/mol. The maximum atomic E-state index is 13.7. The number of unbranched alkanes of at least 4 members (excludes halogenated alkanes) is 5. The van der Waals surface area contributed by atoms with Gasteiger partial charge < -0.3 is 4.74 Å². The minimum absolute atomic E-state index is 0.0839. The molecule has 0 saturated heterocycles. The summed E-state index contributed by atoms with van der Waals surface area (Å²) in [7, 11) is 0. The van der Waals surface area contributed by atoms with Crippen molar-refractivity contribution < 1.29 is 9.13 Å². The normalized spacial score (nSPS) is 10.4. The Morgan fingerprint density at radius 1 is 1.16 bits per heavy atom. The van der Waals surface area contributed by atoms with Gasteiger partial charge in [-0.05, 0) is 12.5 Å². The smallest absolute Gasteiger partial charge is 0.146 e. The molecule has 1 rings (SSSR count). The average Bonchev–Trinajstić information content (AvgIpc) is 2.43. The molecule has 1 aromatic carbocycles. The van der Waals surface area contributed by atoms with Crippen molar-refractivity contribution in [1.82, 2.24) is 0 Å². The van der Waals surface area contributed by atoms with Crippen LogP contribution in [0.2, 0.25) is 0 Å². The fourth-order valence-electron chi connectivity index (χ4n) is 1.94. The van der Waals surface area contributed by atoms with Crippen LogP contribution in [0.25, 0.3) is 0 Å². The molecular formula is C16H22FNO. The first-order valence-electron chi connectivity index (χ1n) is 7.04. The molecule has 0 aliphatic carbocycles. The molecule has 0 spiro atoms. The van der Waals surface area contributed by atoms with Crippen molar-refractivity contribution in [2.75, 3.05) is 6.61 Å². The summed E-state index contributed by atoms with van der Waals surface area (Å²) in [6, 6.07) is 6.66.